The normalized spacial score (nSPS) is 14.0. The van der Waals surface area contributed by atoms with Gasteiger partial charge in [-0.25, -0.2) is 9.37 Å². The molecule has 0 spiro atoms. The molecule has 1 aliphatic rings. The van der Waals surface area contributed by atoms with Crippen molar-refractivity contribution in [2.24, 2.45) is 0 Å². The number of rotatable bonds is 4. The van der Waals surface area contributed by atoms with Gasteiger partial charge in [0.2, 0.25) is 0 Å². The predicted molar refractivity (Wildman–Crippen MR) is 92.2 cm³/mol. The average molecular weight is 348 g/mol. The summed E-state index contributed by atoms with van der Waals surface area (Å²) in [5.41, 5.74) is 2.61. The van der Waals surface area contributed by atoms with Crippen molar-refractivity contribution in [3.8, 4) is 5.75 Å². The summed E-state index contributed by atoms with van der Waals surface area (Å²) >= 11 is 0.959. The molecule has 1 amide bonds. The molecule has 2 aromatic rings. The number of nitrogens with one attached hydrogen (secondary N) is 2. The van der Waals surface area contributed by atoms with Crippen LogP contribution in [0, 0.1) is 19.7 Å². The first-order chi connectivity index (χ1) is 11.4. The molecule has 0 unspecified atom stereocenters. The molecule has 0 atom stereocenters. The molecule has 0 saturated carbocycles. The largest absolute Gasteiger partial charge is 0.506 e. The summed E-state index contributed by atoms with van der Waals surface area (Å²) in [4.78, 5) is 15.6. The van der Waals surface area contributed by atoms with Gasteiger partial charge in [-0.05, 0) is 43.2 Å². The van der Waals surface area contributed by atoms with Crippen LogP contribution in [0.2, 0.25) is 0 Å². The zero-order chi connectivity index (χ0) is 17.3. The van der Waals surface area contributed by atoms with Crippen LogP contribution >= 0.6 is 12.1 Å². The third-order valence-corrected chi connectivity index (χ3v) is 4.58. The highest BCUT2D eigenvalue weighted by atomic mass is 32.2. The van der Waals surface area contributed by atoms with Gasteiger partial charge in [-0.15, -0.1) is 0 Å². The van der Waals surface area contributed by atoms with Gasteiger partial charge < -0.3 is 10.4 Å². The first-order valence-electron chi connectivity index (χ1n) is 7.37. The van der Waals surface area contributed by atoms with Gasteiger partial charge in [0.1, 0.15) is 23.8 Å². The number of amides is 1. The molecule has 1 aromatic heterocycles. The molecule has 0 bridgehead atoms. The minimum Gasteiger partial charge on any atom is -0.506 e. The summed E-state index contributed by atoms with van der Waals surface area (Å²) in [6.07, 6.45) is 0. The zero-order valence-corrected chi connectivity index (χ0v) is 14.1. The van der Waals surface area contributed by atoms with Crippen LogP contribution in [0.3, 0.4) is 0 Å². The first kappa shape index (κ1) is 16.4. The summed E-state index contributed by atoms with van der Waals surface area (Å²) in [5, 5.41) is 13.2. The van der Waals surface area contributed by atoms with Crippen molar-refractivity contribution in [2.75, 3.05) is 16.2 Å². The molecular formula is C16H17FN4O2S. The smallest absolute Gasteiger partial charge is 0.251 e. The van der Waals surface area contributed by atoms with Crippen LogP contribution < -0.4 is 14.3 Å². The van der Waals surface area contributed by atoms with Crippen LogP contribution in [0.25, 0.3) is 0 Å². The molecule has 2 heterocycles. The Morgan fingerprint density at radius 3 is 2.83 bits per heavy atom. The fourth-order valence-corrected chi connectivity index (χ4v) is 3.07. The lowest BCUT2D eigenvalue weighted by Gasteiger charge is -2.17. The minimum atomic E-state index is -0.580. The van der Waals surface area contributed by atoms with Gasteiger partial charge in [-0.2, -0.15) is 0 Å². The maximum atomic E-state index is 14.3. The van der Waals surface area contributed by atoms with E-state index < -0.39 is 5.82 Å². The number of phenolic OH excluding ortho intramolecular Hbond substituents is 1. The van der Waals surface area contributed by atoms with E-state index in [9.17, 15) is 14.3 Å². The second-order valence-electron chi connectivity index (χ2n) is 5.55. The number of carbonyl (C=O) groups excluding carboxylic acids is 1. The number of aromatic hydroxyl groups is 1. The fraction of sp³-hybridized carbons (Fsp3) is 0.250. The van der Waals surface area contributed by atoms with Gasteiger partial charge in [0.15, 0.2) is 5.82 Å². The van der Waals surface area contributed by atoms with E-state index in [1.54, 1.807) is 0 Å². The minimum absolute atomic E-state index is 0.000688. The third kappa shape index (κ3) is 3.38. The molecule has 24 heavy (non-hydrogen) atoms. The SMILES string of the molecule is Cc1ccc(NCc2cc(O)c(N3CC(=O)NS3)c(F)c2)nc1C. The number of phenols is 1. The second kappa shape index (κ2) is 6.56. The number of aromatic nitrogens is 1. The van der Waals surface area contributed by atoms with Crippen molar-refractivity contribution in [3.63, 3.8) is 0 Å². The van der Waals surface area contributed by atoms with E-state index in [1.807, 2.05) is 26.0 Å². The Hall–Kier alpha value is -2.48. The summed E-state index contributed by atoms with van der Waals surface area (Å²) in [6, 6.07) is 6.63. The monoisotopic (exact) mass is 348 g/mol. The molecule has 6 nitrogen and oxygen atoms in total. The lowest BCUT2D eigenvalue weighted by Crippen LogP contribution is -2.16. The Kier molecular flexibility index (Phi) is 4.48. The lowest BCUT2D eigenvalue weighted by atomic mass is 10.1. The van der Waals surface area contributed by atoms with Gasteiger partial charge in [0.05, 0.1) is 12.1 Å². The Balaban J connectivity index is 1.75. The maximum Gasteiger partial charge on any atom is 0.251 e. The number of carbonyl (C=O) groups is 1. The van der Waals surface area contributed by atoms with Crippen LogP contribution in [-0.2, 0) is 11.3 Å². The molecule has 126 valence electrons. The molecule has 0 radical (unpaired) electrons. The van der Waals surface area contributed by atoms with Gasteiger partial charge in [0.25, 0.3) is 5.91 Å². The molecule has 0 aliphatic carbocycles. The number of pyridine rings is 1. The lowest BCUT2D eigenvalue weighted by molar-refractivity contribution is -0.117. The van der Waals surface area contributed by atoms with E-state index in [-0.39, 0.29) is 23.9 Å². The zero-order valence-electron chi connectivity index (χ0n) is 13.3. The highest BCUT2D eigenvalue weighted by Gasteiger charge is 2.26. The first-order valence-corrected chi connectivity index (χ1v) is 8.14. The van der Waals surface area contributed by atoms with Crippen molar-refractivity contribution in [3.05, 3.63) is 46.9 Å². The number of hydrogen-bond acceptors (Lipinski definition) is 6. The van der Waals surface area contributed by atoms with Crippen LogP contribution in [-0.4, -0.2) is 22.5 Å². The Labute approximate surface area is 143 Å². The van der Waals surface area contributed by atoms with Crippen molar-refractivity contribution < 1.29 is 14.3 Å². The number of anilines is 2. The van der Waals surface area contributed by atoms with E-state index in [2.05, 4.69) is 15.0 Å². The van der Waals surface area contributed by atoms with E-state index in [1.165, 1.54) is 16.4 Å². The molecule has 1 fully saturated rings. The van der Waals surface area contributed by atoms with Gasteiger partial charge in [0, 0.05) is 12.2 Å². The van der Waals surface area contributed by atoms with Crippen molar-refractivity contribution in [1.82, 2.24) is 9.71 Å². The molecule has 1 aliphatic heterocycles. The van der Waals surface area contributed by atoms with Gasteiger partial charge >= 0.3 is 0 Å². The van der Waals surface area contributed by atoms with Crippen LogP contribution in [0.4, 0.5) is 15.9 Å². The molecule has 8 heteroatoms. The molecule has 1 saturated heterocycles. The van der Waals surface area contributed by atoms with E-state index in [0.29, 0.717) is 17.9 Å². The Morgan fingerprint density at radius 2 is 2.21 bits per heavy atom. The molecular weight excluding hydrogens is 331 g/mol. The quantitative estimate of drug-likeness (QED) is 0.738. The van der Waals surface area contributed by atoms with Crippen LogP contribution in [0.15, 0.2) is 24.3 Å². The number of halogens is 1. The van der Waals surface area contributed by atoms with Gasteiger partial charge in [-0.3, -0.25) is 13.8 Å². The standard InChI is InChI=1S/C16H17FN4O2S/c1-9-3-4-14(19-10(9)2)18-7-11-5-12(17)16(13(22)6-11)21-8-15(23)20-24-21/h3-6,22H,7-8H2,1-2H3,(H,18,19)(H,20,23). The highest BCUT2D eigenvalue weighted by Crippen LogP contribution is 2.36. The fourth-order valence-electron chi connectivity index (χ4n) is 2.34. The van der Waals surface area contributed by atoms with E-state index in [4.69, 9.17) is 0 Å². The van der Waals surface area contributed by atoms with Crippen LogP contribution in [0.1, 0.15) is 16.8 Å². The summed E-state index contributed by atoms with van der Waals surface area (Å²) in [7, 11) is 0. The Morgan fingerprint density at radius 1 is 1.42 bits per heavy atom. The van der Waals surface area contributed by atoms with Crippen LogP contribution in [0.5, 0.6) is 5.75 Å². The third-order valence-electron chi connectivity index (χ3n) is 3.73. The van der Waals surface area contributed by atoms with Crippen molar-refractivity contribution >= 4 is 29.5 Å². The van der Waals surface area contributed by atoms with E-state index in [0.717, 1.165) is 23.4 Å². The van der Waals surface area contributed by atoms with Crippen molar-refractivity contribution in [2.45, 2.75) is 20.4 Å². The molecule has 3 rings (SSSR count). The predicted octanol–water partition coefficient (Wildman–Crippen LogP) is 2.65. The Bertz CT molecular complexity index is 777. The second-order valence-corrected chi connectivity index (χ2v) is 6.38. The topological polar surface area (TPSA) is 77.5 Å². The van der Waals surface area contributed by atoms with Crippen molar-refractivity contribution in [1.29, 1.82) is 0 Å². The number of benzene rings is 1. The highest BCUT2D eigenvalue weighted by molar-refractivity contribution is 7.99. The summed E-state index contributed by atoms with van der Waals surface area (Å²) in [6.45, 7) is 4.22. The summed E-state index contributed by atoms with van der Waals surface area (Å²) in [5.74, 6) is -0.329. The van der Waals surface area contributed by atoms with E-state index >= 15 is 0 Å². The summed E-state index contributed by atoms with van der Waals surface area (Å²) < 4.78 is 18.2. The number of hydrogen-bond donors (Lipinski definition) is 3. The maximum absolute atomic E-state index is 14.3. The number of nitrogens with zero attached hydrogens (tertiary/aromatic N) is 2. The number of aryl methyl sites for hydroxylation is 2. The molecule has 1 aromatic carbocycles. The molecule has 3 N–H and O–H groups in total. The van der Waals surface area contributed by atoms with Gasteiger partial charge in [-0.1, -0.05) is 6.07 Å². The average Bonchev–Trinajstić information content (AvgIpc) is 2.94.